The number of amides is 4. The van der Waals surface area contributed by atoms with E-state index in [0.29, 0.717) is 43.6 Å². The van der Waals surface area contributed by atoms with E-state index in [1.165, 1.54) is 21.8 Å². The second-order valence-electron chi connectivity index (χ2n) is 19.8. The third-order valence-corrected chi connectivity index (χ3v) is 16.1. The van der Waals surface area contributed by atoms with Crippen LogP contribution in [0.3, 0.4) is 0 Å². The Balaban J connectivity index is 1.12. The minimum Gasteiger partial charge on any atom is -0.459 e. The average Bonchev–Trinajstić information content (AvgIpc) is 3.90. The van der Waals surface area contributed by atoms with Crippen LogP contribution < -0.4 is 20.1 Å². The summed E-state index contributed by atoms with van der Waals surface area (Å²) in [7, 11) is -4.01. The lowest BCUT2D eigenvalue weighted by Crippen LogP contribution is -2.58. The summed E-state index contributed by atoms with van der Waals surface area (Å²) in [4.78, 5) is 68.3. The van der Waals surface area contributed by atoms with Crippen molar-refractivity contribution < 1.29 is 37.1 Å². The number of aromatic nitrogens is 3. The Labute approximate surface area is 385 Å². The number of imidazole rings is 1. The maximum absolute atomic E-state index is 14.8. The zero-order valence-corrected chi connectivity index (χ0v) is 40.2. The van der Waals surface area contributed by atoms with Gasteiger partial charge in [-0.2, -0.15) is 4.98 Å². The number of nitrogens with zero attached hydrogens (tertiary/aromatic N) is 4. The Kier molecular flexibility index (Phi) is 12.4. The van der Waals surface area contributed by atoms with Crippen molar-refractivity contribution in [3.63, 3.8) is 0 Å². The molecule has 1 saturated heterocycles. The topological polar surface area (TPSA) is 191 Å². The summed E-state index contributed by atoms with van der Waals surface area (Å²) in [6.07, 6.45) is 6.58. The van der Waals surface area contributed by atoms with Gasteiger partial charge in [0.2, 0.25) is 21.8 Å². The van der Waals surface area contributed by atoms with E-state index in [4.69, 9.17) is 19.4 Å². The van der Waals surface area contributed by atoms with Gasteiger partial charge in [-0.15, -0.1) is 11.3 Å². The molecular formula is C48H61N7O8S2. The number of fused-ring (bicyclic) bond motifs is 3. The summed E-state index contributed by atoms with van der Waals surface area (Å²) in [5, 5.41) is 8.57. The molecular weight excluding hydrogens is 867 g/mol. The van der Waals surface area contributed by atoms with Gasteiger partial charge in [-0.25, -0.2) is 18.2 Å². The Morgan fingerprint density at radius 1 is 1.03 bits per heavy atom. The molecule has 0 radical (unpaired) electrons. The van der Waals surface area contributed by atoms with Crippen molar-refractivity contribution in [2.75, 3.05) is 6.54 Å². The summed E-state index contributed by atoms with van der Waals surface area (Å²) in [6, 6.07) is 10.3. The molecule has 3 fully saturated rings. The first-order valence-corrected chi connectivity index (χ1v) is 25.1. The van der Waals surface area contributed by atoms with Crippen molar-refractivity contribution in [2.24, 2.45) is 5.92 Å². The van der Waals surface area contributed by atoms with Gasteiger partial charge in [0.1, 0.15) is 39.9 Å². The maximum atomic E-state index is 14.8. The quantitative estimate of drug-likeness (QED) is 0.141. The van der Waals surface area contributed by atoms with Crippen molar-refractivity contribution in [1.82, 2.24) is 34.8 Å². The van der Waals surface area contributed by atoms with Crippen LogP contribution in [0.1, 0.15) is 116 Å². The van der Waals surface area contributed by atoms with Crippen LogP contribution in [0.2, 0.25) is 0 Å². The number of sulfonamides is 1. The molecule has 348 valence electrons. The SMILES string of the molecule is Cc1ccc(-c2csc(-c3cccc4c3nc(O[C@@H]3C[C@H]5C(=O)N[C@]6(C(=O)NS(=O)(=O)C7(C)CC7)C[C@H]6C=CCCCCC[C@H](NC(=O)OC(C)(C)C)C(=O)N5C3)n4C(C)C)n2)c(C)c1. The van der Waals surface area contributed by atoms with Gasteiger partial charge in [0.05, 0.1) is 22.5 Å². The van der Waals surface area contributed by atoms with Crippen LogP contribution in [-0.2, 0) is 29.1 Å². The zero-order valence-electron chi connectivity index (χ0n) is 38.5. The standard InChI is InChI=1S/C48H61N7O8S2/c1-28(2)55-37-18-14-16-34(41-49-36(27-64-41)33-20-19-29(3)23-30(33)4)39(37)51-44(55)62-32-24-38-40(56)52-48(43(58)53-65(60,61)47(8)21-22-47)25-31(48)15-12-10-9-11-13-17-35(42(57)54(38)26-32)50-45(59)63-46(5,6)7/h12,14-16,18-20,23,27-28,31-32,35,38H,9-11,13,17,21-22,24-26H2,1-8H3,(H,50,59)(H,52,56)(H,53,58)/t31-,32-,35+,38+,48-/m1/s1. The van der Waals surface area contributed by atoms with Gasteiger partial charge in [-0.05, 0) is 112 Å². The van der Waals surface area contributed by atoms with Crippen molar-refractivity contribution >= 4 is 56.2 Å². The molecule has 2 saturated carbocycles. The highest BCUT2D eigenvalue weighted by molar-refractivity contribution is 7.91. The van der Waals surface area contributed by atoms with Gasteiger partial charge in [0, 0.05) is 34.9 Å². The highest BCUT2D eigenvalue weighted by Gasteiger charge is 2.63. The van der Waals surface area contributed by atoms with E-state index in [1.54, 1.807) is 27.7 Å². The molecule has 0 unspecified atom stereocenters. The third-order valence-electron chi connectivity index (χ3n) is 13.0. The fourth-order valence-electron chi connectivity index (χ4n) is 9.02. The van der Waals surface area contributed by atoms with Crippen molar-refractivity contribution in [2.45, 2.75) is 153 Å². The Hall–Kier alpha value is -5.29. The summed E-state index contributed by atoms with van der Waals surface area (Å²) >= 11 is 1.53. The largest absolute Gasteiger partial charge is 0.459 e. The van der Waals surface area contributed by atoms with Crippen LogP contribution in [-0.4, -0.2) is 92.3 Å². The summed E-state index contributed by atoms with van der Waals surface area (Å²) < 4.78 is 42.2. The summed E-state index contributed by atoms with van der Waals surface area (Å²) in [5.74, 6) is -2.37. The Morgan fingerprint density at radius 2 is 1.80 bits per heavy atom. The molecule has 15 nitrogen and oxygen atoms in total. The van der Waals surface area contributed by atoms with E-state index in [2.05, 4.69) is 52.8 Å². The number of hydrogen-bond donors (Lipinski definition) is 3. The summed E-state index contributed by atoms with van der Waals surface area (Å²) in [6.45, 7) is 15.0. The lowest BCUT2D eigenvalue weighted by atomic mass is 10.0. The Morgan fingerprint density at radius 3 is 2.51 bits per heavy atom. The van der Waals surface area contributed by atoms with E-state index in [-0.39, 0.29) is 25.4 Å². The molecule has 0 bridgehead atoms. The number of alkyl carbamates (subject to hydrolysis) is 1. The number of para-hydroxylation sites is 1. The fraction of sp³-hybridized carbons (Fsp3) is 0.542. The second-order valence-corrected chi connectivity index (χ2v) is 22.8. The van der Waals surface area contributed by atoms with Crippen LogP contribution in [0, 0.1) is 19.8 Å². The molecule has 8 rings (SSSR count). The molecule has 4 aliphatic rings. The number of carbonyl (C=O) groups is 4. The number of ether oxygens (including phenoxy) is 2. The number of rotatable bonds is 9. The third kappa shape index (κ3) is 9.54. The predicted octanol–water partition coefficient (Wildman–Crippen LogP) is 7.66. The molecule has 2 aromatic heterocycles. The molecule has 2 aliphatic carbocycles. The predicted molar refractivity (Wildman–Crippen MR) is 250 cm³/mol. The summed E-state index contributed by atoms with van der Waals surface area (Å²) in [5.41, 5.74) is 4.26. The van der Waals surface area contributed by atoms with E-state index < -0.39 is 73.8 Å². The lowest BCUT2D eigenvalue weighted by Gasteiger charge is -2.30. The van der Waals surface area contributed by atoms with Crippen molar-refractivity contribution in [3.05, 3.63) is 65.1 Å². The number of aryl methyl sites for hydroxylation is 2. The first-order valence-electron chi connectivity index (χ1n) is 22.8. The molecule has 2 aliphatic heterocycles. The first-order chi connectivity index (χ1) is 30.7. The van der Waals surface area contributed by atoms with Crippen LogP contribution in [0.15, 0.2) is 53.9 Å². The monoisotopic (exact) mass is 927 g/mol. The van der Waals surface area contributed by atoms with Crippen LogP contribution >= 0.6 is 11.3 Å². The molecule has 4 aromatic rings. The number of nitrogens with one attached hydrogen (secondary N) is 3. The van der Waals surface area contributed by atoms with Crippen molar-refractivity contribution in [1.29, 1.82) is 0 Å². The number of carbonyl (C=O) groups excluding carboxylic acids is 4. The lowest BCUT2D eigenvalue weighted by molar-refractivity contribution is -0.141. The normalized spacial score (nSPS) is 24.7. The first kappa shape index (κ1) is 46.2. The number of benzene rings is 2. The molecule has 17 heteroatoms. The highest BCUT2D eigenvalue weighted by Crippen LogP contribution is 2.48. The Bertz CT molecular complexity index is 2660. The van der Waals surface area contributed by atoms with Crippen LogP contribution in [0.25, 0.3) is 32.9 Å². The molecule has 65 heavy (non-hydrogen) atoms. The fourth-order valence-corrected chi connectivity index (χ4v) is 11.2. The van der Waals surface area contributed by atoms with Crippen LogP contribution in [0.4, 0.5) is 4.79 Å². The van der Waals surface area contributed by atoms with Gasteiger partial charge < -0.3 is 25.0 Å². The van der Waals surface area contributed by atoms with Gasteiger partial charge in [-0.3, -0.25) is 23.7 Å². The number of hydrogen-bond acceptors (Lipinski definition) is 11. The number of thiazole rings is 1. The minimum atomic E-state index is -4.01. The van der Waals surface area contributed by atoms with Gasteiger partial charge in [-0.1, -0.05) is 54.8 Å². The minimum absolute atomic E-state index is 0.0292. The van der Waals surface area contributed by atoms with Crippen LogP contribution in [0.5, 0.6) is 6.01 Å². The smallest absolute Gasteiger partial charge is 0.408 e. The molecule has 3 N–H and O–H groups in total. The van der Waals surface area contributed by atoms with Crippen molar-refractivity contribution in [3.8, 4) is 27.8 Å². The highest BCUT2D eigenvalue weighted by atomic mass is 32.2. The van der Waals surface area contributed by atoms with Gasteiger partial charge >= 0.3 is 6.09 Å². The van der Waals surface area contributed by atoms with E-state index in [9.17, 15) is 27.6 Å². The molecule has 0 spiro atoms. The van der Waals surface area contributed by atoms with E-state index in [0.717, 1.165) is 45.8 Å². The van der Waals surface area contributed by atoms with E-state index >= 15 is 0 Å². The molecule has 5 atom stereocenters. The molecule has 4 heterocycles. The maximum Gasteiger partial charge on any atom is 0.408 e. The van der Waals surface area contributed by atoms with Gasteiger partial charge in [0.25, 0.3) is 11.9 Å². The van der Waals surface area contributed by atoms with Gasteiger partial charge in [0.15, 0.2) is 0 Å². The average molecular weight is 928 g/mol. The molecule has 4 amide bonds. The van der Waals surface area contributed by atoms with E-state index in [1.807, 2.05) is 48.8 Å². The second kappa shape index (κ2) is 17.5. The molecule has 2 aromatic carbocycles. The number of allylic oxidation sites excluding steroid dienone is 1. The zero-order chi connectivity index (χ0) is 46.6.